The van der Waals surface area contributed by atoms with Crippen LogP contribution in [0.3, 0.4) is 0 Å². The minimum Gasteiger partial charge on any atom is -0.481 e. The number of hydrogen-bond acceptors (Lipinski definition) is 6. The standard InChI is InChI=1S/C10H14N2O5S/c1-5(13)17-3-10(9(15)16)2-12-7(14)6(11)8(12)18-4-10/h6,8H,2-4,11H2,1H3,(H,15,16)/t6?,8-,10?/m1/s1. The number of amides is 1. The van der Waals surface area contributed by atoms with Crippen molar-refractivity contribution in [3.63, 3.8) is 0 Å². The van der Waals surface area contributed by atoms with Gasteiger partial charge in [0.25, 0.3) is 0 Å². The summed E-state index contributed by atoms with van der Waals surface area (Å²) < 4.78 is 4.81. The fraction of sp³-hybridized carbons (Fsp3) is 0.700. The van der Waals surface area contributed by atoms with E-state index in [-0.39, 0.29) is 30.2 Å². The molecule has 100 valence electrons. The van der Waals surface area contributed by atoms with Gasteiger partial charge in [-0.05, 0) is 0 Å². The molecule has 0 aliphatic carbocycles. The molecule has 7 nitrogen and oxygen atoms in total. The van der Waals surface area contributed by atoms with Crippen LogP contribution in [0.2, 0.25) is 0 Å². The van der Waals surface area contributed by atoms with Crippen molar-refractivity contribution in [1.29, 1.82) is 0 Å². The Kier molecular flexibility index (Phi) is 3.24. The molecule has 2 aliphatic heterocycles. The lowest BCUT2D eigenvalue weighted by molar-refractivity contribution is -0.163. The molecule has 0 saturated carbocycles. The van der Waals surface area contributed by atoms with Gasteiger partial charge in [-0.1, -0.05) is 0 Å². The van der Waals surface area contributed by atoms with E-state index in [1.54, 1.807) is 0 Å². The molecule has 2 aliphatic rings. The number of carbonyl (C=O) groups excluding carboxylic acids is 2. The zero-order valence-electron chi connectivity index (χ0n) is 9.79. The Hall–Kier alpha value is -1.28. The summed E-state index contributed by atoms with van der Waals surface area (Å²) in [4.78, 5) is 35.2. The second kappa shape index (κ2) is 4.43. The molecule has 0 aromatic heterocycles. The second-order valence-electron chi connectivity index (χ2n) is 4.56. The Balaban J connectivity index is 2.11. The number of nitrogens with two attached hydrogens (primary N) is 1. The van der Waals surface area contributed by atoms with Crippen LogP contribution in [0.4, 0.5) is 0 Å². The van der Waals surface area contributed by atoms with E-state index in [4.69, 9.17) is 10.5 Å². The molecule has 18 heavy (non-hydrogen) atoms. The van der Waals surface area contributed by atoms with Crippen LogP contribution in [-0.4, -0.2) is 58.2 Å². The Morgan fingerprint density at radius 1 is 1.67 bits per heavy atom. The molecule has 0 bridgehead atoms. The predicted molar refractivity (Wildman–Crippen MR) is 62.6 cm³/mol. The van der Waals surface area contributed by atoms with Crippen molar-refractivity contribution in [2.24, 2.45) is 11.1 Å². The Bertz CT molecular complexity index is 415. The Morgan fingerprint density at radius 3 is 2.89 bits per heavy atom. The second-order valence-corrected chi connectivity index (χ2v) is 5.66. The summed E-state index contributed by atoms with van der Waals surface area (Å²) in [6, 6.07) is -0.546. The van der Waals surface area contributed by atoms with Crippen molar-refractivity contribution in [1.82, 2.24) is 4.90 Å². The molecule has 0 radical (unpaired) electrons. The smallest absolute Gasteiger partial charge is 0.315 e. The number of hydrogen-bond donors (Lipinski definition) is 2. The van der Waals surface area contributed by atoms with Gasteiger partial charge in [0.2, 0.25) is 5.91 Å². The molecule has 0 spiro atoms. The topological polar surface area (TPSA) is 110 Å². The first kappa shape index (κ1) is 13.2. The minimum absolute atomic E-state index is 0.0415. The van der Waals surface area contributed by atoms with E-state index >= 15 is 0 Å². The summed E-state index contributed by atoms with van der Waals surface area (Å²) in [5.41, 5.74) is 4.39. The van der Waals surface area contributed by atoms with Gasteiger partial charge in [-0.15, -0.1) is 11.8 Å². The number of thioether (sulfide) groups is 1. The van der Waals surface area contributed by atoms with Crippen molar-refractivity contribution >= 4 is 29.6 Å². The number of rotatable bonds is 3. The molecular formula is C10H14N2O5S. The fourth-order valence-corrected chi connectivity index (χ4v) is 3.52. The summed E-state index contributed by atoms with van der Waals surface area (Å²) in [7, 11) is 0. The number of carboxylic acid groups (broad SMARTS) is 1. The average molecular weight is 274 g/mol. The molecule has 2 fully saturated rings. The summed E-state index contributed by atoms with van der Waals surface area (Å²) in [5.74, 6) is -1.57. The molecule has 3 N–H and O–H groups in total. The average Bonchev–Trinajstić information content (AvgIpc) is 2.34. The van der Waals surface area contributed by atoms with Crippen molar-refractivity contribution in [3.8, 4) is 0 Å². The summed E-state index contributed by atoms with van der Waals surface area (Å²) >= 11 is 1.32. The summed E-state index contributed by atoms with van der Waals surface area (Å²) in [6.07, 6.45) is 0. The molecule has 2 unspecified atom stereocenters. The molecule has 2 saturated heterocycles. The van der Waals surface area contributed by atoms with Crippen LogP contribution >= 0.6 is 11.8 Å². The highest BCUT2D eigenvalue weighted by Crippen LogP contribution is 2.41. The number of esters is 1. The summed E-state index contributed by atoms with van der Waals surface area (Å²) in [5, 5.41) is 9.16. The number of aliphatic carboxylic acids is 1. The third-order valence-corrected chi connectivity index (χ3v) is 4.80. The molecule has 0 aromatic carbocycles. The normalized spacial score (nSPS) is 34.6. The van der Waals surface area contributed by atoms with Crippen LogP contribution in [0.15, 0.2) is 0 Å². The van der Waals surface area contributed by atoms with E-state index in [1.807, 2.05) is 0 Å². The van der Waals surface area contributed by atoms with E-state index in [9.17, 15) is 19.5 Å². The third-order valence-electron chi connectivity index (χ3n) is 3.19. The number of ether oxygens (including phenoxy) is 1. The van der Waals surface area contributed by atoms with Crippen molar-refractivity contribution < 1.29 is 24.2 Å². The number of carboxylic acids is 1. The van der Waals surface area contributed by atoms with Crippen LogP contribution in [-0.2, 0) is 19.1 Å². The molecule has 2 heterocycles. The van der Waals surface area contributed by atoms with E-state index in [0.29, 0.717) is 0 Å². The van der Waals surface area contributed by atoms with Crippen LogP contribution in [0.25, 0.3) is 0 Å². The lowest BCUT2D eigenvalue weighted by atomic mass is 9.88. The molecule has 1 amide bonds. The number of fused-ring (bicyclic) bond motifs is 1. The minimum atomic E-state index is -1.23. The summed E-state index contributed by atoms with van der Waals surface area (Å²) in [6.45, 7) is 1.04. The highest BCUT2D eigenvalue weighted by Gasteiger charge is 2.56. The highest BCUT2D eigenvalue weighted by atomic mass is 32.2. The van der Waals surface area contributed by atoms with E-state index in [2.05, 4.69) is 0 Å². The first-order valence-electron chi connectivity index (χ1n) is 5.42. The number of β-lactam (4-membered cyclic amide) rings is 1. The van der Waals surface area contributed by atoms with Crippen molar-refractivity contribution in [3.05, 3.63) is 0 Å². The van der Waals surface area contributed by atoms with Crippen LogP contribution in [0, 0.1) is 5.41 Å². The van der Waals surface area contributed by atoms with Gasteiger partial charge in [0, 0.05) is 19.2 Å². The van der Waals surface area contributed by atoms with Crippen LogP contribution < -0.4 is 5.73 Å². The maximum atomic E-state index is 11.5. The van der Waals surface area contributed by atoms with Gasteiger partial charge in [-0.25, -0.2) is 0 Å². The molecule has 0 aromatic rings. The van der Waals surface area contributed by atoms with Gasteiger partial charge in [0.1, 0.15) is 23.4 Å². The molecule has 2 rings (SSSR count). The van der Waals surface area contributed by atoms with Gasteiger partial charge < -0.3 is 20.5 Å². The lowest BCUT2D eigenvalue weighted by Gasteiger charge is -2.52. The van der Waals surface area contributed by atoms with Gasteiger partial charge in [0.15, 0.2) is 0 Å². The molecule has 8 heteroatoms. The van der Waals surface area contributed by atoms with Crippen molar-refractivity contribution in [2.45, 2.75) is 18.3 Å². The van der Waals surface area contributed by atoms with Gasteiger partial charge in [-0.3, -0.25) is 14.4 Å². The zero-order valence-corrected chi connectivity index (χ0v) is 10.6. The van der Waals surface area contributed by atoms with Crippen LogP contribution in [0.1, 0.15) is 6.92 Å². The fourth-order valence-electron chi connectivity index (χ4n) is 2.05. The first-order chi connectivity index (χ1) is 8.37. The molecule has 3 atom stereocenters. The molecular weight excluding hydrogens is 260 g/mol. The van der Waals surface area contributed by atoms with E-state index in [1.165, 1.54) is 23.6 Å². The van der Waals surface area contributed by atoms with Gasteiger partial charge in [0.05, 0.1) is 0 Å². The van der Waals surface area contributed by atoms with Gasteiger partial charge >= 0.3 is 11.9 Å². The quantitative estimate of drug-likeness (QED) is 0.494. The first-order valence-corrected chi connectivity index (χ1v) is 6.47. The maximum absolute atomic E-state index is 11.5. The largest absolute Gasteiger partial charge is 0.481 e. The van der Waals surface area contributed by atoms with E-state index in [0.717, 1.165) is 0 Å². The zero-order chi connectivity index (χ0) is 13.5. The highest BCUT2D eigenvalue weighted by molar-refractivity contribution is 8.00. The van der Waals surface area contributed by atoms with E-state index < -0.39 is 23.4 Å². The van der Waals surface area contributed by atoms with Crippen molar-refractivity contribution in [2.75, 3.05) is 18.9 Å². The Labute approximate surface area is 108 Å². The monoisotopic (exact) mass is 274 g/mol. The SMILES string of the molecule is CC(=O)OCC1(C(=O)O)CS[C@@H]2C(N)C(=O)N2C1. The maximum Gasteiger partial charge on any atom is 0.315 e. The predicted octanol–water partition coefficient (Wildman–Crippen LogP) is -1.14. The van der Waals surface area contributed by atoms with Crippen LogP contribution in [0.5, 0.6) is 0 Å². The third kappa shape index (κ3) is 1.95. The lowest BCUT2D eigenvalue weighted by Crippen LogP contribution is -2.72. The number of carbonyl (C=O) groups is 3. The number of nitrogens with zero attached hydrogens (tertiary/aromatic N) is 1. The Morgan fingerprint density at radius 2 is 2.33 bits per heavy atom. The van der Waals surface area contributed by atoms with Gasteiger partial charge in [-0.2, -0.15) is 0 Å².